The fraction of sp³-hybridized carbons (Fsp3) is 0. The number of anilines is 3. The minimum Gasteiger partial charge on any atom is -0.435 e. The second kappa shape index (κ2) is 11.0. The van der Waals surface area contributed by atoms with E-state index in [-0.39, 0.29) is 0 Å². The first kappa shape index (κ1) is 25.8. The molecular weight excluding hydrogens is 536 g/mol. The highest BCUT2D eigenvalue weighted by atomic mass is 16.3. The summed E-state index contributed by atoms with van der Waals surface area (Å²) in [7, 11) is 0. The Hall–Kier alpha value is -5.93. The van der Waals surface area contributed by atoms with Crippen LogP contribution in [0.4, 0.5) is 17.1 Å². The van der Waals surface area contributed by atoms with E-state index < -0.39 is 0 Å². The largest absolute Gasteiger partial charge is 0.435 e. The molecular formula is C41H28N2O. The van der Waals surface area contributed by atoms with Gasteiger partial charge in [-0.2, -0.15) is 0 Å². The number of rotatable bonds is 6. The topological polar surface area (TPSA) is 29.3 Å². The molecule has 0 aliphatic carbocycles. The molecule has 0 spiro atoms. The van der Waals surface area contributed by atoms with Crippen molar-refractivity contribution in [1.29, 1.82) is 0 Å². The molecule has 208 valence electrons. The molecule has 0 unspecified atom stereocenters. The molecule has 8 rings (SSSR count). The maximum atomic E-state index is 6.58. The van der Waals surface area contributed by atoms with E-state index in [1.54, 1.807) is 0 Å². The fourth-order valence-electron chi connectivity index (χ4n) is 5.97. The molecule has 44 heavy (non-hydrogen) atoms. The van der Waals surface area contributed by atoms with Crippen LogP contribution in [-0.2, 0) is 0 Å². The molecule has 0 amide bonds. The Morgan fingerprint density at radius 1 is 0.455 bits per heavy atom. The summed E-state index contributed by atoms with van der Waals surface area (Å²) < 4.78 is 6.58. The summed E-state index contributed by atoms with van der Waals surface area (Å²) in [5.74, 6) is 0.605. The molecule has 0 fully saturated rings. The van der Waals surface area contributed by atoms with E-state index in [1.165, 1.54) is 11.1 Å². The van der Waals surface area contributed by atoms with Gasteiger partial charge < -0.3 is 9.32 Å². The maximum Gasteiger partial charge on any atom is 0.227 e. The highest BCUT2D eigenvalue weighted by Gasteiger charge is 2.23. The fourth-order valence-corrected chi connectivity index (χ4v) is 5.97. The van der Waals surface area contributed by atoms with Gasteiger partial charge in [-0.05, 0) is 58.5 Å². The molecule has 3 heteroatoms. The SMILES string of the molecule is c1ccc(-c2ccc(N(c3ccccc3-c3ccccc3)c3cc4ccccc4c4oc(-c5ccccc5)nc34)cc2)cc1. The summed E-state index contributed by atoms with van der Waals surface area (Å²) in [6.45, 7) is 0. The smallest absolute Gasteiger partial charge is 0.227 e. The number of benzene rings is 7. The molecule has 0 saturated carbocycles. The lowest BCUT2D eigenvalue weighted by Crippen LogP contribution is -2.12. The van der Waals surface area contributed by atoms with Crippen LogP contribution in [0.1, 0.15) is 0 Å². The van der Waals surface area contributed by atoms with Crippen molar-refractivity contribution in [3.63, 3.8) is 0 Å². The van der Waals surface area contributed by atoms with Gasteiger partial charge in [0.05, 0.1) is 11.4 Å². The van der Waals surface area contributed by atoms with Gasteiger partial charge in [-0.3, -0.25) is 0 Å². The Kier molecular flexibility index (Phi) is 6.47. The molecule has 8 aromatic rings. The van der Waals surface area contributed by atoms with Gasteiger partial charge in [-0.15, -0.1) is 0 Å². The van der Waals surface area contributed by atoms with Gasteiger partial charge in [0.2, 0.25) is 5.89 Å². The number of para-hydroxylation sites is 1. The molecule has 7 aromatic carbocycles. The van der Waals surface area contributed by atoms with E-state index in [0.717, 1.165) is 55.6 Å². The van der Waals surface area contributed by atoms with Crippen molar-refractivity contribution in [2.24, 2.45) is 0 Å². The second-order valence-corrected chi connectivity index (χ2v) is 10.8. The van der Waals surface area contributed by atoms with E-state index in [1.807, 2.05) is 36.4 Å². The average molecular weight is 565 g/mol. The molecule has 3 nitrogen and oxygen atoms in total. The molecule has 0 atom stereocenters. The molecule has 0 N–H and O–H groups in total. The van der Waals surface area contributed by atoms with Crippen LogP contribution in [0.25, 0.3) is 55.6 Å². The van der Waals surface area contributed by atoms with Crippen LogP contribution in [0.2, 0.25) is 0 Å². The third-order valence-electron chi connectivity index (χ3n) is 8.09. The van der Waals surface area contributed by atoms with Gasteiger partial charge in [0.1, 0.15) is 5.52 Å². The van der Waals surface area contributed by atoms with Gasteiger partial charge in [-0.25, -0.2) is 4.98 Å². The van der Waals surface area contributed by atoms with E-state index in [0.29, 0.717) is 5.89 Å². The van der Waals surface area contributed by atoms with E-state index in [4.69, 9.17) is 9.40 Å². The van der Waals surface area contributed by atoms with Crippen molar-refractivity contribution >= 4 is 38.9 Å². The maximum absolute atomic E-state index is 6.58. The van der Waals surface area contributed by atoms with Gasteiger partial charge in [0.25, 0.3) is 0 Å². The van der Waals surface area contributed by atoms with Gasteiger partial charge in [0, 0.05) is 22.2 Å². The Bertz CT molecular complexity index is 2200. The molecule has 0 radical (unpaired) electrons. The first-order valence-electron chi connectivity index (χ1n) is 14.8. The monoisotopic (exact) mass is 564 g/mol. The van der Waals surface area contributed by atoms with Crippen LogP contribution in [-0.4, -0.2) is 4.98 Å². The molecule has 0 aliphatic rings. The van der Waals surface area contributed by atoms with Crippen molar-refractivity contribution in [3.05, 3.63) is 170 Å². The summed E-state index contributed by atoms with van der Waals surface area (Å²) in [5.41, 5.74) is 10.2. The zero-order chi connectivity index (χ0) is 29.3. The number of hydrogen-bond acceptors (Lipinski definition) is 3. The zero-order valence-corrected chi connectivity index (χ0v) is 24.0. The third-order valence-corrected chi connectivity index (χ3v) is 8.09. The lowest BCUT2D eigenvalue weighted by Gasteiger charge is -2.28. The summed E-state index contributed by atoms with van der Waals surface area (Å²) in [6.07, 6.45) is 0. The molecule has 1 heterocycles. The summed E-state index contributed by atoms with van der Waals surface area (Å²) >= 11 is 0. The van der Waals surface area contributed by atoms with Gasteiger partial charge in [-0.1, -0.05) is 133 Å². The first-order chi connectivity index (χ1) is 21.8. The van der Waals surface area contributed by atoms with Crippen LogP contribution in [0.5, 0.6) is 0 Å². The summed E-state index contributed by atoms with van der Waals surface area (Å²) in [4.78, 5) is 7.49. The van der Waals surface area contributed by atoms with Crippen LogP contribution in [0.3, 0.4) is 0 Å². The van der Waals surface area contributed by atoms with Crippen LogP contribution >= 0.6 is 0 Å². The van der Waals surface area contributed by atoms with E-state index >= 15 is 0 Å². The minimum absolute atomic E-state index is 0.605. The Morgan fingerprint density at radius 2 is 1.02 bits per heavy atom. The Morgan fingerprint density at radius 3 is 1.75 bits per heavy atom. The number of fused-ring (bicyclic) bond motifs is 3. The third kappa shape index (κ3) is 4.61. The molecule has 0 bridgehead atoms. The van der Waals surface area contributed by atoms with Gasteiger partial charge >= 0.3 is 0 Å². The summed E-state index contributed by atoms with van der Waals surface area (Å²) in [6, 6.07) is 59.1. The molecule has 1 aromatic heterocycles. The first-order valence-corrected chi connectivity index (χ1v) is 14.8. The normalized spacial score (nSPS) is 11.2. The average Bonchev–Trinajstić information content (AvgIpc) is 3.57. The summed E-state index contributed by atoms with van der Waals surface area (Å²) in [5, 5.41) is 2.13. The lowest BCUT2D eigenvalue weighted by molar-refractivity contribution is 0.623. The number of oxazole rings is 1. The number of hydrogen-bond donors (Lipinski definition) is 0. The standard InChI is InChI=1S/C41H28N2O/c1-4-14-29(15-5-1)30-24-26-34(27-25-30)43(37-23-13-12-21-35(37)31-16-6-2-7-17-31)38-28-33-20-10-11-22-36(33)40-39(38)42-41(44-40)32-18-8-3-9-19-32/h1-28H. The Balaban J connectivity index is 1.41. The molecule has 0 saturated heterocycles. The predicted molar refractivity (Wildman–Crippen MR) is 183 cm³/mol. The second-order valence-electron chi connectivity index (χ2n) is 10.8. The quantitative estimate of drug-likeness (QED) is 0.201. The van der Waals surface area contributed by atoms with Crippen LogP contribution in [0.15, 0.2) is 174 Å². The predicted octanol–water partition coefficient (Wildman–Crippen LogP) is 11.5. The minimum atomic E-state index is 0.605. The van der Waals surface area contributed by atoms with Crippen LogP contribution in [0, 0.1) is 0 Å². The van der Waals surface area contributed by atoms with Crippen molar-refractivity contribution in [2.45, 2.75) is 0 Å². The van der Waals surface area contributed by atoms with E-state index in [2.05, 4.69) is 138 Å². The zero-order valence-electron chi connectivity index (χ0n) is 24.0. The number of nitrogens with zero attached hydrogens (tertiary/aromatic N) is 2. The highest BCUT2D eigenvalue weighted by molar-refractivity contribution is 6.11. The Labute approximate surface area is 256 Å². The van der Waals surface area contributed by atoms with Crippen molar-refractivity contribution < 1.29 is 4.42 Å². The number of aromatic nitrogens is 1. The van der Waals surface area contributed by atoms with Crippen molar-refractivity contribution in [3.8, 4) is 33.7 Å². The van der Waals surface area contributed by atoms with Crippen LogP contribution < -0.4 is 4.90 Å². The van der Waals surface area contributed by atoms with Crippen molar-refractivity contribution in [1.82, 2.24) is 4.98 Å². The highest BCUT2D eigenvalue weighted by Crippen LogP contribution is 2.46. The lowest BCUT2D eigenvalue weighted by atomic mass is 10.00. The molecule has 0 aliphatic heterocycles. The van der Waals surface area contributed by atoms with Crippen molar-refractivity contribution in [2.75, 3.05) is 4.90 Å². The van der Waals surface area contributed by atoms with E-state index in [9.17, 15) is 0 Å². The van der Waals surface area contributed by atoms with Gasteiger partial charge in [0.15, 0.2) is 5.58 Å².